The van der Waals surface area contributed by atoms with E-state index in [1.165, 1.54) is 16.7 Å². The molecule has 2 N–H and O–H groups in total. The van der Waals surface area contributed by atoms with Crippen LogP contribution < -0.4 is 5.32 Å². The Morgan fingerprint density at radius 1 is 1.50 bits per heavy atom. The van der Waals surface area contributed by atoms with Crippen LogP contribution in [0.5, 0.6) is 0 Å². The molecular formula is C13H17NO2. The molecule has 1 heterocycles. The molecule has 3 nitrogen and oxygen atoms in total. The molecule has 1 unspecified atom stereocenters. The molecule has 1 aromatic rings. The van der Waals surface area contributed by atoms with Crippen LogP contribution in [0.2, 0.25) is 0 Å². The van der Waals surface area contributed by atoms with E-state index in [4.69, 9.17) is 5.11 Å². The molecule has 0 amide bonds. The van der Waals surface area contributed by atoms with E-state index in [0.29, 0.717) is 0 Å². The van der Waals surface area contributed by atoms with Crippen LogP contribution in [-0.2, 0) is 4.79 Å². The minimum absolute atomic E-state index is 0.161. The number of nitrogens with one attached hydrogen (secondary N) is 1. The molecule has 0 radical (unpaired) electrons. The maximum atomic E-state index is 10.8. The molecule has 0 aromatic heterocycles. The number of carboxylic acids is 1. The minimum atomic E-state index is -0.710. The fourth-order valence-electron chi connectivity index (χ4n) is 2.61. The molecule has 1 aromatic carbocycles. The van der Waals surface area contributed by atoms with Gasteiger partial charge in [0, 0.05) is 12.2 Å². The van der Waals surface area contributed by atoms with E-state index in [2.05, 4.69) is 31.3 Å². The molecule has 3 heteroatoms. The number of carbonyl (C=O) groups is 1. The molecule has 1 aliphatic rings. The second-order valence-electron chi connectivity index (χ2n) is 4.55. The number of hydrogen-bond acceptors (Lipinski definition) is 2. The van der Waals surface area contributed by atoms with Crippen LogP contribution in [0.1, 0.15) is 35.4 Å². The van der Waals surface area contributed by atoms with Crippen molar-refractivity contribution in [2.24, 2.45) is 0 Å². The van der Waals surface area contributed by atoms with Crippen molar-refractivity contribution in [1.82, 2.24) is 0 Å². The Bertz CT molecular complexity index is 426. The van der Waals surface area contributed by atoms with Gasteiger partial charge in [-0.15, -0.1) is 0 Å². The number of rotatable bonds is 2. The minimum Gasteiger partial charge on any atom is -0.481 e. The number of aryl methyl sites for hydroxylation is 2. The topological polar surface area (TPSA) is 49.3 Å². The molecular weight excluding hydrogens is 202 g/mol. The summed E-state index contributed by atoms with van der Waals surface area (Å²) in [5.41, 5.74) is 4.74. The summed E-state index contributed by atoms with van der Waals surface area (Å²) in [7, 11) is 0. The van der Waals surface area contributed by atoms with E-state index >= 15 is 0 Å². The summed E-state index contributed by atoms with van der Waals surface area (Å²) >= 11 is 0. The highest BCUT2D eigenvalue weighted by atomic mass is 16.4. The van der Waals surface area contributed by atoms with Gasteiger partial charge in [-0.3, -0.25) is 4.79 Å². The molecule has 86 valence electrons. The van der Waals surface area contributed by atoms with Gasteiger partial charge in [0.15, 0.2) is 0 Å². The SMILES string of the molecule is Cc1cc(C)c2c(c1)NCCC2CC(=O)O. The Labute approximate surface area is 95.5 Å². The van der Waals surface area contributed by atoms with Crippen molar-refractivity contribution in [2.45, 2.75) is 32.6 Å². The van der Waals surface area contributed by atoms with Gasteiger partial charge in [0.1, 0.15) is 0 Å². The summed E-state index contributed by atoms with van der Waals surface area (Å²) in [5, 5.41) is 12.3. The lowest BCUT2D eigenvalue weighted by Gasteiger charge is -2.28. The normalized spacial score (nSPS) is 18.8. The van der Waals surface area contributed by atoms with E-state index in [9.17, 15) is 4.79 Å². The van der Waals surface area contributed by atoms with Gasteiger partial charge in [0.2, 0.25) is 0 Å². The molecule has 1 atom stereocenters. The summed E-state index contributed by atoms with van der Waals surface area (Å²) in [4.78, 5) is 10.8. The maximum Gasteiger partial charge on any atom is 0.303 e. The lowest BCUT2D eigenvalue weighted by Crippen LogP contribution is -2.20. The number of fused-ring (bicyclic) bond motifs is 1. The standard InChI is InChI=1S/C13H17NO2/c1-8-5-9(2)13-10(7-12(15)16)3-4-14-11(13)6-8/h5-6,10,14H,3-4,7H2,1-2H3,(H,15,16). The fraction of sp³-hybridized carbons (Fsp3) is 0.462. The highest BCUT2D eigenvalue weighted by Crippen LogP contribution is 2.36. The van der Waals surface area contributed by atoms with Crippen LogP contribution in [0.4, 0.5) is 5.69 Å². The first-order valence-corrected chi connectivity index (χ1v) is 5.64. The van der Waals surface area contributed by atoms with E-state index < -0.39 is 5.97 Å². The Kier molecular flexibility index (Phi) is 2.86. The first kappa shape index (κ1) is 11.0. The zero-order valence-electron chi connectivity index (χ0n) is 9.71. The summed E-state index contributed by atoms with van der Waals surface area (Å²) in [6, 6.07) is 4.23. The van der Waals surface area contributed by atoms with Crippen LogP contribution >= 0.6 is 0 Å². The van der Waals surface area contributed by atoms with Gasteiger partial charge in [-0.1, -0.05) is 6.07 Å². The Morgan fingerprint density at radius 2 is 2.25 bits per heavy atom. The highest BCUT2D eigenvalue weighted by Gasteiger charge is 2.24. The van der Waals surface area contributed by atoms with E-state index in [1.54, 1.807) is 0 Å². The number of benzene rings is 1. The van der Waals surface area contributed by atoms with Crippen molar-refractivity contribution in [3.63, 3.8) is 0 Å². The smallest absolute Gasteiger partial charge is 0.303 e. The van der Waals surface area contributed by atoms with Crippen molar-refractivity contribution in [1.29, 1.82) is 0 Å². The van der Waals surface area contributed by atoms with Crippen LogP contribution in [0.15, 0.2) is 12.1 Å². The van der Waals surface area contributed by atoms with Gasteiger partial charge in [0.25, 0.3) is 0 Å². The molecule has 0 saturated carbocycles. The lowest BCUT2D eigenvalue weighted by molar-refractivity contribution is -0.137. The van der Waals surface area contributed by atoms with Gasteiger partial charge in [0.05, 0.1) is 6.42 Å². The monoisotopic (exact) mass is 219 g/mol. The van der Waals surface area contributed by atoms with Crippen molar-refractivity contribution < 1.29 is 9.90 Å². The zero-order chi connectivity index (χ0) is 11.7. The zero-order valence-corrected chi connectivity index (χ0v) is 9.71. The van der Waals surface area contributed by atoms with Crippen LogP contribution in [0, 0.1) is 13.8 Å². The van der Waals surface area contributed by atoms with E-state index in [0.717, 1.165) is 18.7 Å². The second kappa shape index (κ2) is 4.16. The fourth-order valence-corrected chi connectivity index (χ4v) is 2.61. The quantitative estimate of drug-likeness (QED) is 0.804. The molecule has 0 fully saturated rings. The largest absolute Gasteiger partial charge is 0.481 e. The molecule has 2 rings (SSSR count). The van der Waals surface area contributed by atoms with Gasteiger partial charge in [-0.2, -0.15) is 0 Å². The Morgan fingerprint density at radius 3 is 2.94 bits per heavy atom. The maximum absolute atomic E-state index is 10.8. The number of aliphatic carboxylic acids is 1. The average molecular weight is 219 g/mol. The molecule has 16 heavy (non-hydrogen) atoms. The second-order valence-corrected chi connectivity index (χ2v) is 4.55. The van der Waals surface area contributed by atoms with E-state index in [1.807, 2.05) is 0 Å². The van der Waals surface area contributed by atoms with Crippen LogP contribution in [-0.4, -0.2) is 17.6 Å². The third-order valence-electron chi connectivity index (χ3n) is 3.17. The number of carboxylic acid groups (broad SMARTS) is 1. The summed E-state index contributed by atoms with van der Waals surface area (Å²) in [6.45, 7) is 5.00. The predicted octanol–water partition coefficient (Wildman–Crippen LogP) is 2.68. The van der Waals surface area contributed by atoms with Crippen molar-refractivity contribution in [3.05, 3.63) is 28.8 Å². The number of hydrogen-bond donors (Lipinski definition) is 2. The number of anilines is 1. The third-order valence-corrected chi connectivity index (χ3v) is 3.17. The first-order chi connectivity index (χ1) is 7.58. The van der Waals surface area contributed by atoms with Crippen LogP contribution in [0.3, 0.4) is 0 Å². The predicted molar refractivity (Wildman–Crippen MR) is 64.0 cm³/mol. The lowest BCUT2D eigenvalue weighted by atomic mass is 9.85. The first-order valence-electron chi connectivity index (χ1n) is 5.64. The Hall–Kier alpha value is -1.51. The molecule has 1 aliphatic heterocycles. The van der Waals surface area contributed by atoms with Crippen molar-refractivity contribution in [2.75, 3.05) is 11.9 Å². The van der Waals surface area contributed by atoms with Gasteiger partial charge >= 0.3 is 5.97 Å². The molecule has 0 saturated heterocycles. The van der Waals surface area contributed by atoms with Gasteiger partial charge in [-0.25, -0.2) is 0 Å². The summed E-state index contributed by atoms with van der Waals surface area (Å²) < 4.78 is 0. The summed E-state index contributed by atoms with van der Waals surface area (Å²) in [5.74, 6) is -0.549. The molecule has 0 aliphatic carbocycles. The average Bonchev–Trinajstić information content (AvgIpc) is 2.15. The summed E-state index contributed by atoms with van der Waals surface area (Å²) in [6.07, 6.45) is 1.14. The van der Waals surface area contributed by atoms with Gasteiger partial charge < -0.3 is 10.4 Å². The van der Waals surface area contributed by atoms with Crippen molar-refractivity contribution in [3.8, 4) is 0 Å². The highest BCUT2D eigenvalue weighted by molar-refractivity contribution is 5.70. The van der Waals surface area contributed by atoms with Crippen molar-refractivity contribution >= 4 is 11.7 Å². The molecule has 0 spiro atoms. The Balaban J connectivity index is 2.41. The van der Waals surface area contributed by atoms with E-state index in [-0.39, 0.29) is 12.3 Å². The third kappa shape index (κ3) is 2.03. The van der Waals surface area contributed by atoms with Crippen LogP contribution in [0.25, 0.3) is 0 Å². The van der Waals surface area contributed by atoms with Gasteiger partial charge in [-0.05, 0) is 48.9 Å². The molecule has 0 bridgehead atoms.